The largest absolute Gasteiger partial charge is 0.335 e. The monoisotopic (exact) mass is 338 g/mol. The second kappa shape index (κ2) is 6.76. The Hall–Kier alpha value is -1.45. The van der Waals surface area contributed by atoms with Crippen molar-refractivity contribution in [2.45, 2.75) is 6.92 Å². The molecule has 1 atom stereocenters. The molecule has 0 aliphatic carbocycles. The molecule has 0 amide bonds. The Bertz CT molecular complexity index is 758. The molecule has 1 unspecified atom stereocenters. The van der Waals surface area contributed by atoms with Gasteiger partial charge in [-0.25, -0.2) is 0 Å². The fourth-order valence-electron chi connectivity index (χ4n) is 2.15. The van der Waals surface area contributed by atoms with Gasteiger partial charge in [0.25, 0.3) is 0 Å². The molecule has 2 rings (SSSR count). The van der Waals surface area contributed by atoms with E-state index in [0.29, 0.717) is 10.6 Å². The highest BCUT2D eigenvalue weighted by molar-refractivity contribution is 7.53. The first-order chi connectivity index (χ1) is 10.3. The third-order valence-electron chi connectivity index (χ3n) is 3.31. The zero-order valence-electron chi connectivity index (χ0n) is 12.2. The number of rotatable bonds is 5. The molecule has 0 aliphatic heterocycles. The van der Waals surface area contributed by atoms with E-state index in [2.05, 4.69) is 4.52 Å². The van der Waals surface area contributed by atoms with Crippen LogP contribution in [0.1, 0.15) is 15.9 Å². The van der Waals surface area contributed by atoms with Crippen molar-refractivity contribution in [3.8, 4) is 11.1 Å². The minimum absolute atomic E-state index is 0.373. The van der Waals surface area contributed by atoms with Crippen LogP contribution >= 0.6 is 19.2 Å². The molecule has 0 saturated carbocycles. The fraction of sp³-hybridized carbons (Fsp3) is 0.188. The van der Waals surface area contributed by atoms with Crippen molar-refractivity contribution < 1.29 is 18.8 Å². The third kappa shape index (κ3) is 4.05. The molecular formula is C16H16ClO4P. The Morgan fingerprint density at radius 1 is 1.27 bits per heavy atom. The van der Waals surface area contributed by atoms with Gasteiger partial charge in [0.05, 0.1) is 0 Å². The smallest absolute Gasteiger partial charge is 0.324 e. The van der Waals surface area contributed by atoms with E-state index >= 15 is 0 Å². The summed E-state index contributed by atoms with van der Waals surface area (Å²) in [7, 11) is -2.75. The van der Waals surface area contributed by atoms with Crippen LogP contribution in [0.4, 0.5) is 0 Å². The lowest BCUT2D eigenvalue weighted by molar-refractivity contribution is 0.101. The van der Waals surface area contributed by atoms with Gasteiger partial charge in [-0.05, 0) is 41.8 Å². The number of hydrogen-bond acceptors (Lipinski definition) is 3. The number of aryl methyl sites for hydroxylation is 1. The van der Waals surface area contributed by atoms with Gasteiger partial charge in [0.2, 0.25) is 0 Å². The van der Waals surface area contributed by atoms with Gasteiger partial charge in [-0.2, -0.15) is 0 Å². The Labute approximate surface area is 134 Å². The molecule has 0 aromatic heterocycles. The molecule has 2 aromatic rings. The van der Waals surface area contributed by atoms with E-state index in [-0.39, 0.29) is 0 Å². The standard InChI is InChI=1S/C16H16ClO4P/c1-11-8-14(17)6-7-15(11)12-4-3-5-13(9-12)16(18)10-22(19,20)21-2/h3-9H,10H2,1-2H3,(H,19,20). The van der Waals surface area contributed by atoms with Gasteiger partial charge in [-0.15, -0.1) is 0 Å². The summed E-state index contributed by atoms with van der Waals surface area (Å²) in [5.74, 6) is -0.429. The van der Waals surface area contributed by atoms with E-state index in [9.17, 15) is 14.3 Å². The summed E-state index contributed by atoms with van der Waals surface area (Å²) in [6.07, 6.45) is -0.535. The zero-order valence-corrected chi connectivity index (χ0v) is 13.9. The summed E-state index contributed by atoms with van der Waals surface area (Å²) >= 11 is 5.95. The topological polar surface area (TPSA) is 63.6 Å². The lowest BCUT2D eigenvalue weighted by atomic mass is 9.98. The van der Waals surface area contributed by atoms with Gasteiger partial charge in [-0.3, -0.25) is 9.36 Å². The predicted octanol–water partition coefficient (Wildman–Crippen LogP) is 4.33. The van der Waals surface area contributed by atoms with Gasteiger partial charge < -0.3 is 9.42 Å². The van der Waals surface area contributed by atoms with E-state index < -0.39 is 19.5 Å². The van der Waals surface area contributed by atoms with Crippen molar-refractivity contribution in [1.82, 2.24) is 0 Å². The Kier molecular flexibility index (Phi) is 5.20. The molecule has 0 fully saturated rings. The summed E-state index contributed by atoms with van der Waals surface area (Å²) in [5, 5.41) is 0.648. The van der Waals surface area contributed by atoms with Crippen LogP contribution in [0.3, 0.4) is 0 Å². The summed E-state index contributed by atoms with van der Waals surface area (Å²) in [6.45, 7) is 1.93. The van der Waals surface area contributed by atoms with E-state index in [0.717, 1.165) is 23.8 Å². The first kappa shape index (κ1) is 16.9. The molecule has 0 bridgehead atoms. The van der Waals surface area contributed by atoms with Crippen LogP contribution in [0.15, 0.2) is 42.5 Å². The van der Waals surface area contributed by atoms with Crippen LogP contribution in [-0.4, -0.2) is 23.9 Å². The van der Waals surface area contributed by atoms with Crippen molar-refractivity contribution in [3.05, 3.63) is 58.6 Å². The maximum absolute atomic E-state index is 12.1. The van der Waals surface area contributed by atoms with Crippen LogP contribution in [0.25, 0.3) is 11.1 Å². The van der Waals surface area contributed by atoms with Crippen molar-refractivity contribution >= 4 is 25.0 Å². The van der Waals surface area contributed by atoms with Gasteiger partial charge in [0, 0.05) is 17.7 Å². The Balaban J connectivity index is 2.34. The first-order valence-corrected chi connectivity index (χ1v) is 8.74. The van der Waals surface area contributed by atoms with E-state index in [1.54, 1.807) is 24.3 Å². The summed E-state index contributed by atoms with van der Waals surface area (Å²) < 4.78 is 16.0. The highest BCUT2D eigenvalue weighted by Gasteiger charge is 2.23. The number of halogens is 1. The SMILES string of the molecule is COP(=O)(O)CC(=O)c1cccc(-c2ccc(Cl)cc2C)c1. The number of carbonyl (C=O) groups excluding carboxylic acids is 1. The molecular weight excluding hydrogens is 323 g/mol. The normalized spacial score (nSPS) is 13.6. The van der Waals surface area contributed by atoms with Crippen LogP contribution in [0, 0.1) is 6.92 Å². The highest BCUT2D eigenvalue weighted by atomic mass is 35.5. The number of hydrogen-bond donors (Lipinski definition) is 1. The van der Waals surface area contributed by atoms with Gasteiger partial charge >= 0.3 is 7.60 Å². The van der Waals surface area contributed by atoms with Crippen LogP contribution in [0.5, 0.6) is 0 Å². The molecule has 22 heavy (non-hydrogen) atoms. The quantitative estimate of drug-likeness (QED) is 0.651. The second-order valence-corrected chi connectivity index (χ2v) is 7.33. The molecule has 0 saturated heterocycles. The average Bonchev–Trinajstić information content (AvgIpc) is 2.47. The van der Waals surface area contributed by atoms with Crippen LogP contribution < -0.4 is 0 Å². The minimum atomic E-state index is -3.87. The predicted molar refractivity (Wildman–Crippen MR) is 87.7 cm³/mol. The number of carbonyl (C=O) groups is 1. The Morgan fingerprint density at radius 3 is 2.64 bits per heavy atom. The number of benzene rings is 2. The highest BCUT2D eigenvalue weighted by Crippen LogP contribution is 2.41. The molecule has 116 valence electrons. The van der Waals surface area contributed by atoms with Crippen LogP contribution in [-0.2, 0) is 9.09 Å². The number of ketones is 1. The fourth-order valence-corrected chi connectivity index (χ4v) is 3.05. The van der Waals surface area contributed by atoms with Crippen molar-refractivity contribution in [3.63, 3.8) is 0 Å². The van der Waals surface area contributed by atoms with Gasteiger partial charge in [0.15, 0.2) is 5.78 Å². The summed E-state index contributed by atoms with van der Waals surface area (Å²) in [6, 6.07) is 12.4. The molecule has 0 aliphatic rings. The second-order valence-electron chi connectivity index (χ2n) is 4.94. The van der Waals surface area contributed by atoms with Crippen molar-refractivity contribution in [2.24, 2.45) is 0 Å². The maximum atomic E-state index is 12.1. The molecule has 2 aromatic carbocycles. The van der Waals surface area contributed by atoms with Crippen molar-refractivity contribution in [2.75, 3.05) is 13.3 Å². The van der Waals surface area contributed by atoms with E-state index in [1.165, 1.54) is 0 Å². The minimum Gasteiger partial charge on any atom is -0.324 e. The maximum Gasteiger partial charge on any atom is 0.335 e. The molecule has 0 spiro atoms. The molecule has 6 heteroatoms. The lowest BCUT2D eigenvalue weighted by Crippen LogP contribution is -2.07. The van der Waals surface area contributed by atoms with Crippen LogP contribution in [0.2, 0.25) is 5.02 Å². The average molecular weight is 339 g/mol. The molecule has 4 nitrogen and oxygen atoms in total. The first-order valence-electron chi connectivity index (χ1n) is 6.60. The molecule has 1 N–H and O–H groups in total. The third-order valence-corrected chi connectivity index (χ3v) is 4.81. The summed E-state index contributed by atoms with van der Waals surface area (Å²) in [4.78, 5) is 21.5. The van der Waals surface area contributed by atoms with E-state index in [4.69, 9.17) is 11.6 Å². The lowest BCUT2D eigenvalue weighted by Gasteiger charge is -2.10. The van der Waals surface area contributed by atoms with Gasteiger partial charge in [0.1, 0.15) is 6.16 Å². The van der Waals surface area contributed by atoms with Gasteiger partial charge in [-0.1, -0.05) is 35.9 Å². The number of Topliss-reactive ketones (excluding diaryl/α,β-unsaturated/α-hetero) is 1. The Morgan fingerprint density at radius 2 is 2.00 bits per heavy atom. The zero-order chi connectivity index (χ0) is 16.3. The molecule has 0 radical (unpaired) electrons. The van der Waals surface area contributed by atoms with Crippen molar-refractivity contribution in [1.29, 1.82) is 0 Å². The summed E-state index contributed by atoms with van der Waals surface area (Å²) in [5.41, 5.74) is 3.17. The molecule has 0 heterocycles. The van der Waals surface area contributed by atoms with E-state index in [1.807, 2.05) is 25.1 Å².